The smallest absolute Gasteiger partial charge is 0.416 e. The number of aromatic nitrogens is 2. The Hall–Kier alpha value is -3.80. The maximum Gasteiger partial charge on any atom is 0.416 e. The summed E-state index contributed by atoms with van der Waals surface area (Å²) in [7, 11) is 5.51. The van der Waals surface area contributed by atoms with Crippen molar-refractivity contribution in [1.82, 2.24) is 19.8 Å². The van der Waals surface area contributed by atoms with Crippen molar-refractivity contribution in [2.75, 3.05) is 45.3 Å². The van der Waals surface area contributed by atoms with E-state index in [4.69, 9.17) is 15.2 Å². The van der Waals surface area contributed by atoms with Gasteiger partial charge in [-0.15, -0.1) is 0 Å². The van der Waals surface area contributed by atoms with E-state index in [0.717, 1.165) is 25.0 Å². The average Bonchev–Trinajstić information content (AvgIpc) is 2.86. The third kappa shape index (κ3) is 6.18. The van der Waals surface area contributed by atoms with Gasteiger partial charge >= 0.3 is 12.3 Å². The van der Waals surface area contributed by atoms with Gasteiger partial charge in [-0.2, -0.15) is 13.2 Å². The molecule has 12 heteroatoms. The van der Waals surface area contributed by atoms with Gasteiger partial charge in [-0.25, -0.2) is 14.8 Å². The van der Waals surface area contributed by atoms with Crippen LogP contribution in [0.25, 0.3) is 10.9 Å². The number of rotatable bonds is 6. The topological polar surface area (TPSA) is 106 Å². The van der Waals surface area contributed by atoms with Gasteiger partial charge in [-0.1, -0.05) is 0 Å². The number of hydrogen-bond donors (Lipinski definition) is 2. The maximum atomic E-state index is 13.2. The summed E-state index contributed by atoms with van der Waals surface area (Å²) in [6, 6.07) is 7.04. The molecule has 0 atom stereocenters. The molecule has 2 heterocycles. The molecule has 9 nitrogen and oxygen atoms in total. The van der Waals surface area contributed by atoms with Crippen LogP contribution in [0.15, 0.2) is 30.3 Å². The Morgan fingerprint density at radius 1 is 1.13 bits per heavy atom. The Morgan fingerprint density at radius 2 is 1.84 bits per heavy atom. The van der Waals surface area contributed by atoms with E-state index >= 15 is 0 Å². The number of fused-ring (bicyclic) bond motifs is 1. The summed E-state index contributed by atoms with van der Waals surface area (Å²) < 4.78 is 50.9. The molecule has 3 aromatic rings. The molecule has 0 spiro atoms. The van der Waals surface area contributed by atoms with E-state index < -0.39 is 17.8 Å². The standard InChI is InChI=1S/C26H31F3N6O3/c1-15-32-21-13-22(37-4)23(38-25(36)35-7-5-19(6-8-35)34(2)3)12-20(21)24(33-15)31-14-16-9-17(26(27,28)29)11-18(30)10-16/h9-13,19H,5-8,14,30H2,1-4H3,(H,31,32,33). The van der Waals surface area contributed by atoms with Crippen LogP contribution in [0.1, 0.15) is 29.8 Å². The molecule has 1 aromatic heterocycles. The zero-order valence-electron chi connectivity index (χ0n) is 21.7. The predicted octanol–water partition coefficient (Wildman–Crippen LogP) is 4.68. The second-order valence-electron chi connectivity index (χ2n) is 9.50. The molecular weight excluding hydrogens is 501 g/mol. The van der Waals surface area contributed by atoms with Gasteiger partial charge in [0.25, 0.3) is 0 Å². The lowest BCUT2D eigenvalue weighted by molar-refractivity contribution is -0.137. The SMILES string of the molecule is COc1cc2nc(C)nc(NCc3cc(N)cc(C(F)(F)F)c3)c2cc1OC(=O)N1CCC(N(C)C)CC1. The van der Waals surface area contributed by atoms with Gasteiger partial charge in [-0.3, -0.25) is 0 Å². The lowest BCUT2D eigenvalue weighted by atomic mass is 10.0. The van der Waals surface area contributed by atoms with E-state index in [1.165, 1.54) is 13.2 Å². The highest BCUT2D eigenvalue weighted by atomic mass is 19.4. The minimum atomic E-state index is -4.51. The van der Waals surface area contributed by atoms with Crippen molar-refractivity contribution >= 4 is 28.5 Å². The van der Waals surface area contributed by atoms with Crippen LogP contribution >= 0.6 is 0 Å². The van der Waals surface area contributed by atoms with Crippen molar-refractivity contribution in [3.8, 4) is 11.5 Å². The highest BCUT2D eigenvalue weighted by Gasteiger charge is 2.31. The molecule has 0 unspecified atom stereocenters. The Kier molecular flexibility index (Phi) is 7.81. The van der Waals surface area contributed by atoms with Crippen molar-refractivity contribution in [2.24, 2.45) is 0 Å². The van der Waals surface area contributed by atoms with E-state index in [9.17, 15) is 18.0 Å². The molecule has 38 heavy (non-hydrogen) atoms. The number of nitrogens with zero attached hydrogens (tertiary/aromatic N) is 4. The summed E-state index contributed by atoms with van der Waals surface area (Å²) in [6.07, 6.45) is -3.31. The number of nitrogen functional groups attached to an aromatic ring is 1. The van der Waals surface area contributed by atoms with Gasteiger partial charge in [0.05, 0.1) is 18.2 Å². The van der Waals surface area contributed by atoms with E-state index in [0.29, 0.717) is 53.0 Å². The van der Waals surface area contributed by atoms with Crippen LogP contribution in [0.5, 0.6) is 11.5 Å². The summed E-state index contributed by atoms with van der Waals surface area (Å²) in [5, 5.41) is 3.60. The summed E-state index contributed by atoms with van der Waals surface area (Å²) in [5.41, 5.74) is 5.74. The zero-order chi connectivity index (χ0) is 27.6. The number of halogens is 3. The number of alkyl halides is 3. The zero-order valence-corrected chi connectivity index (χ0v) is 21.7. The maximum absolute atomic E-state index is 13.2. The first-order valence-corrected chi connectivity index (χ1v) is 12.1. The fourth-order valence-electron chi connectivity index (χ4n) is 4.52. The molecule has 4 rings (SSSR count). The summed E-state index contributed by atoms with van der Waals surface area (Å²) in [5.74, 6) is 1.33. The first-order chi connectivity index (χ1) is 17.9. The molecular formula is C26H31F3N6O3. The van der Waals surface area contributed by atoms with E-state index in [1.807, 2.05) is 14.1 Å². The van der Waals surface area contributed by atoms with Crippen LogP contribution in [-0.4, -0.2) is 66.2 Å². The lowest BCUT2D eigenvalue weighted by Crippen LogP contribution is -2.45. The van der Waals surface area contributed by atoms with Crippen molar-refractivity contribution in [1.29, 1.82) is 0 Å². The van der Waals surface area contributed by atoms with E-state index in [1.54, 1.807) is 24.0 Å². The van der Waals surface area contributed by atoms with Crippen LogP contribution < -0.4 is 20.5 Å². The predicted molar refractivity (Wildman–Crippen MR) is 138 cm³/mol. The van der Waals surface area contributed by atoms with Crippen molar-refractivity contribution in [3.05, 3.63) is 47.3 Å². The Labute approximate surface area is 218 Å². The summed E-state index contributed by atoms with van der Waals surface area (Å²) in [6.45, 7) is 2.88. The van der Waals surface area contributed by atoms with Gasteiger partial charge in [0, 0.05) is 42.8 Å². The van der Waals surface area contributed by atoms with E-state index in [-0.39, 0.29) is 18.0 Å². The third-order valence-corrected chi connectivity index (χ3v) is 6.55. The molecule has 204 valence electrons. The minimum absolute atomic E-state index is 0.00824. The molecule has 1 fully saturated rings. The van der Waals surface area contributed by atoms with Crippen LogP contribution in [0.3, 0.4) is 0 Å². The van der Waals surface area contributed by atoms with Crippen LogP contribution in [-0.2, 0) is 12.7 Å². The Bertz CT molecular complexity index is 1320. The van der Waals surface area contributed by atoms with Crippen LogP contribution in [0.4, 0.5) is 29.5 Å². The fraction of sp³-hybridized carbons (Fsp3) is 0.423. The summed E-state index contributed by atoms with van der Waals surface area (Å²) in [4.78, 5) is 25.6. The number of methoxy groups -OCH3 is 1. The van der Waals surface area contributed by atoms with Gasteiger partial charge in [0.1, 0.15) is 11.6 Å². The second kappa shape index (κ2) is 10.9. The number of nitrogens with two attached hydrogens (primary N) is 1. The average molecular weight is 533 g/mol. The number of amides is 1. The molecule has 1 aliphatic rings. The number of hydrogen-bond acceptors (Lipinski definition) is 8. The Morgan fingerprint density at radius 3 is 2.47 bits per heavy atom. The van der Waals surface area contributed by atoms with Gasteiger partial charge in [0.2, 0.25) is 0 Å². The van der Waals surface area contributed by atoms with Crippen molar-refractivity contribution in [3.63, 3.8) is 0 Å². The van der Waals surface area contributed by atoms with Crippen LogP contribution in [0.2, 0.25) is 0 Å². The molecule has 1 aliphatic heterocycles. The number of ether oxygens (including phenoxy) is 2. The number of likely N-dealkylation sites (tertiary alicyclic amines) is 1. The normalized spacial score (nSPS) is 14.7. The van der Waals surface area contributed by atoms with Crippen LogP contribution in [0, 0.1) is 6.92 Å². The first kappa shape index (κ1) is 27.2. The molecule has 0 radical (unpaired) electrons. The minimum Gasteiger partial charge on any atom is -0.493 e. The van der Waals surface area contributed by atoms with Gasteiger partial charge < -0.3 is 30.3 Å². The third-order valence-electron chi connectivity index (χ3n) is 6.55. The molecule has 0 aliphatic carbocycles. The largest absolute Gasteiger partial charge is 0.493 e. The number of nitrogens with one attached hydrogen (secondary N) is 1. The number of carbonyl (C=O) groups excluding carboxylic acids is 1. The van der Waals surface area contributed by atoms with Gasteiger partial charge in [0.15, 0.2) is 11.5 Å². The number of benzene rings is 2. The molecule has 0 saturated carbocycles. The number of carbonyl (C=O) groups is 1. The summed E-state index contributed by atoms with van der Waals surface area (Å²) >= 11 is 0. The quantitative estimate of drug-likeness (QED) is 0.441. The molecule has 1 amide bonds. The van der Waals surface area contributed by atoms with Crippen molar-refractivity contribution < 1.29 is 27.4 Å². The first-order valence-electron chi connectivity index (χ1n) is 12.1. The number of aryl methyl sites for hydroxylation is 1. The molecule has 2 aromatic carbocycles. The number of piperidine rings is 1. The Balaban J connectivity index is 1.59. The monoisotopic (exact) mass is 532 g/mol. The molecule has 0 bridgehead atoms. The number of anilines is 2. The fourth-order valence-corrected chi connectivity index (χ4v) is 4.52. The van der Waals surface area contributed by atoms with Gasteiger partial charge in [-0.05, 0) is 63.7 Å². The highest BCUT2D eigenvalue weighted by Crippen LogP contribution is 2.36. The molecule has 3 N–H and O–H groups in total. The second-order valence-corrected chi connectivity index (χ2v) is 9.50. The highest BCUT2D eigenvalue weighted by molar-refractivity contribution is 5.92. The van der Waals surface area contributed by atoms with E-state index in [2.05, 4.69) is 20.2 Å². The van der Waals surface area contributed by atoms with Crippen molar-refractivity contribution in [2.45, 2.75) is 38.5 Å². The molecule has 1 saturated heterocycles. The lowest BCUT2D eigenvalue weighted by Gasteiger charge is -2.34.